The van der Waals surface area contributed by atoms with Gasteiger partial charge in [-0.15, -0.1) is 11.3 Å². The molecule has 0 saturated heterocycles. The summed E-state index contributed by atoms with van der Waals surface area (Å²) in [6.07, 6.45) is 0.0749. The van der Waals surface area contributed by atoms with Gasteiger partial charge in [0.2, 0.25) is 0 Å². The molecule has 0 bridgehead atoms. The maximum atomic E-state index is 5.54. The van der Waals surface area contributed by atoms with E-state index in [2.05, 4.69) is 38.4 Å². The minimum Gasteiger partial charge on any atom is -0.372 e. The summed E-state index contributed by atoms with van der Waals surface area (Å²) in [4.78, 5) is 4.61. The fourth-order valence-corrected chi connectivity index (χ4v) is 2.81. The first-order valence-corrected chi connectivity index (χ1v) is 7.21. The highest BCUT2D eigenvalue weighted by Crippen LogP contribution is 2.28. The van der Waals surface area contributed by atoms with Crippen LogP contribution in [0.15, 0.2) is 34.1 Å². The van der Waals surface area contributed by atoms with Crippen LogP contribution >= 0.6 is 27.3 Å². The van der Waals surface area contributed by atoms with Gasteiger partial charge in [-0.1, -0.05) is 28.1 Å². The van der Waals surface area contributed by atoms with Gasteiger partial charge in [-0.05, 0) is 26.0 Å². The Bertz CT molecular complexity index is 498. The molecule has 1 aromatic heterocycles. The molecule has 0 aliphatic heterocycles. The second kappa shape index (κ2) is 5.76. The first-order chi connectivity index (χ1) is 8.20. The average molecular weight is 312 g/mol. The Morgan fingerprint density at radius 1 is 1.47 bits per heavy atom. The van der Waals surface area contributed by atoms with Crippen LogP contribution in [0.5, 0.6) is 0 Å². The Morgan fingerprint density at radius 2 is 2.29 bits per heavy atom. The molecule has 0 radical (unpaired) electrons. The van der Waals surface area contributed by atoms with Crippen molar-refractivity contribution in [1.82, 2.24) is 4.98 Å². The number of hydrogen-bond acceptors (Lipinski definition) is 3. The SMILES string of the molecule is CCOC(C)c1nc(-c2cccc(Br)c2)cs1. The molecule has 1 atom stereocenters. The Kier molecular flexibility index (Phi) is 4.31. The quantitative estimate of drug-likeness (QED) is 0.818. The number of hydrogen-bond donors (Lipinski definition) is 0. The fraction of sp³-hybridized carbons (Fsp3) is 0.308. The molecule has 1 unspecified atom stereocenters. The van der Waals surface area contributed by atoms with Gasteiger partial charge in [0.1, 0.15) is 11.1 Å². The average Bonchev–Trinajstić information content (AvgIpc) is 2.78. The van der Waals surface area contributed by atoms with Crippen molar-refractivity contribution in [3.8, 4) is 11.3 Å². The summed E-state index contributed by atoms with van der Waals surface area (Å²) in [6, 6.07) is 8.17. The van der Waals surface area contributed by atoms with Crippen LogP contribution in [0.2, 0.25) is 0 Å². The summed E-state index contributed by atoms with van der Waals surface area (Å²) in [5.41, 5.74) is 2.14. The predicted octanol–water partition coefficient (Wildman–Crippen LogP) is 4.67. The van der Waals surface area contributed by atoms with E-state index in [1.54, 1.807) is 11.3 Å². The van der Waals surface area contributed by atoms with Crippen LogP contribution in [0.3, 0.4) is 0 Å². The van der Waals surface area contributed by atoms with Crippen LogP contribution in [-0.2, 0) is 4.74 Å². The summed E-state index contributed by atoms with van der Waals surface area (Å²) in [5.74, 6) is 0. The molecule has 2 aromatic rings. The third-order valence-electron chi connectivity index (χ3n) is 2.41. The molecular weight excluding hydrogens is 298 g/mol. The smallest absolute Gasteiger partial charge is 0.122 e. The molecular formula is C13H14BrNOS. The largest absolute Gasteiger partial charge is 0.372 e. The molecule has 0 saturated carbocycles. The lowest BCUT2D eigenvalue weighted by Gasteiger charge is -2.06. The summed E-state index contributed by atoms with van der Waals surface area (Å²) in [6.45, 7) is 4.75. The summed E-state index contributed by atoms with van der Waals surface area (Å²) in [5, 5.41) is 3.11. The monoisotopic (exact) mass is 311 g/mol. The minimum absolute atomic E-state index is 0.0749. The van der Waals surface area contributed by atoms with Crippen LogP contribution in [-0.4, -0.2) is 11.6 Å². The number of nitrogens with zero attached hydrogens (tertiary/aromatic N) is 1. The van der Waals surface area contributed by atoms with Gasteiger partial charge in [-0.2, -0.15) is 0 Å². The third kappa shape index (κ3) is 3.15. The molecule has 1 heterocycles. The van der Waals surface area contributed by atoms with Gasteiger partial charge < -0.3 is 4.74 Å². The predicted molar refractivity (Wildman–Crippen MR) is 75.3 cm³/mol. The summed E-state index contributed by atoms with van der Waals surface area (Å²) < 4.78 is 6.61. The second-order valence-corrected chi connectivity index (χ2v) is 5.48. The number of ether oxygens (including phenoxy) is 1. The number of rotatable bonds is 4. The van der Waals surface area contributed by atoms with E-state index in [9.17, 15) is 0 Å². The Morgan fingerprint density at radius 3 is 3.00 bits per heavy atom. The molecule has 0 fully saturated rings. The van der Waals surface area contributed by atoms with Gasteiger partial charge in [-0.3, -0.25) is 0 Å². The van der Waals surface area contributed by atoms with E-state index in [4.69, 9.17) is 4.74 Å². The summed E-state index contributed by atoms with van der Waals surface area (Å²) in [7, 11) is 0. The molecule has 0 N–H and O–H groups in total. The molecule has 0 spiro atoms. The molecule has 0 aliphatic carbocycles. The number of aromatic nitrogens is 1. The van der Waals surface area contributed by atoms with Crippen molar-refractivity contribution in [2.75, 3.05) is 6.61 Å². The highest BCUT2D eigenvalue weighted by molar-refractivity contribution is 9.10. The molecule has 4 heteroatoms. The topological polar surface area (TPSA) is 22.1 Å². The fourth-order valence-electron chi connectivity index (χ4n) is 1.58. The van der Waals surface area contributed by atoms with Crippen LogP contribution < -0.4 is 0 Å². The maximum absolute atomic E-state index is 5.54. The molecule has 2 nitrogen and oxygen atoms in total. The standard InChI is InChI=1S/C13H14BrNOS/c1-3-16-9(2)13-15-12(8-17-13)10-5-4-6-11(14)7-10/h4-9H,3H2,1-2H3. The Hall–Kier alpha value is -0.710. The van der Waals surface area contributed by atoms with Crippen molar-refractivity contribution in [1.29, 1.82) is 0 Å². The van der Waals surface area contributed by atoms with E-state index in [0.29, 0.717) is 6.61 Å². The van der Waals surface area contributed by atoms with Crippen molar-refractivity contribution in [3.63, 3.8) is 0 Å². The molecule has 2 rings (SSSR count). The molecule has 0 aliphatic rings. The normalized spacial score (nSPS) is 12.6. The molecule has 0 amide bonds. The lowest BCUT2D eigenvalue weighted by Crippen LogP contribution is -1.98. The van der Waals surface area contributed by atoms with E-state index in [1.165, 1.54) is 0 Å². The van der Waals surface area contributed by atoms with Gasteiger partial charge in [0, 0.05) is 22.0 Å². The lowest BCUT2D eigenvalue weighted by molar-refractivity contribution is 0.0762. The van der Waals surface area contributed by atoms with Crippen molar-refractivity contribution >= 4 is 27.3 Å². The maximum Gasteiger partial charge on any atom is 0.122 e. The zero-order valence-corrected chi connectivity index (χ0v) is 12.2. The van der Waals surface area contributed by atoms with Crippen molar-refractivity contribution in [2.45, 2.75) is 20.0 Å². The first-order valence-electron chi connectivity index (χ1n) is 5.53. The van der Waals surface area contributed by atoms with Crippen LogP contribution in [0, 0.1) is 0 Å². The van der Waals surface area contributed by atoms with Gasteiger partial charge in [-0.25, -0.2) is 4.98 Å². The van der Waals surface area contributed by atoms with Crippen molar-refractivity contribution in [2.24, 2.45) is 0 Å². The van der Waals surface area contributed by atoms with E-state index in [-0.39, 0.29) is 6.10 Å². The van der Waals surface area contributed by atoms with E-state index >= 15 is 0 Å². The summed E-state index contributed by atoms with van der Waals surface area (Å²) >= 11 is 5.12. The molecule has 90 valence electrons. The molecule has 17 heavy (non-hydrogen) atoms. The Balaban J connectivity index is 2.23. The second-order valence-electron chi connectivity index (χ2n) is 3.68. The lowest BCUT2D eigenvalue weighted by atomic mass is 10.2. The van der Waals surface area contributed by atoms with Crippen LogP contribution in [0.4, 0.5) is 0 Å². The first kappa shape index (κ1) is 12.7. The van der Waals surface area contributed by atoms with Gasteiger partial charge in [0.25, 0.3) is 0 Å². The van der Waals surface area contributed by atoms with Gasteiger partial charge >= 0.3 is 0 Å². The number of halogens is 1. The Labute approximate surface area is 114 Å². The highest BCUT2D eigenvalue weighted by atomic mass is 79.9. The highest BCUT2D eigenvalue weighted by Gasteiger charge is 2.11. The van der Waals surface area contributed by atoms with Crippen molar-refractivity contribution in [3.05, 3.63) is 39.1 Å². The number of benzene rings is 1. The van der Waals surface area contributed by atoms with E-state index in [0.717, 1.165) is 20.7 Å². The van der Waals surface area contributed by atoms with E-state index < -0.39 is 0 Å². The van der Waals surface area contributed by atoms with Crippen LogP contribution in [0.25, 0.3) is 11.3 Å². The van der Waals surface area contributed by atoms with Crippen molar-refractivity contribution < 1.29 is 4.74 Å². The van der Waals surface area contributed by atoms with Gasteiger partial charge in [0.05, 0.1) is 5.69 Å². The van der Waals surface area contributed by atoms with E-state index in [1.807, 2.05) is 26.0 Å². The third-order valence-corrected chi connectivity index (χ3v) is 3.91. The zero-order valence-electron chi connectivity index (χ0n) is 9.81. The van der Waals surface area contributed by atoms with Crippen LogP contribution in [0.1, 0.15) is 25.0 Å². The number of thiazole rings is 1. The minimum atomic E-state index is 0.0749. The van der Waals surface area contributed by atoms with Gasteiger partial charge in [0.15, 0.2) is 0 Å². The zero-order chi connectivity index (χ0) is 12.3. The molecule has 1 aromatic carbocycles.